The SMILES string of the molecule is CN=C(NCc1cc(F)ccc1Br)NCC1(CCOC)CCC1.I. The summed E-state index contributed by atoms with van der Waals surface area (Å²) in [5, 5.41) is 6.64. The van der Waals surface area contributed by atoms with E-state index in [0.717, 1.165) is 35.6 Å². The fourth-order valence-electron chi connectivity index (χ4n) is 2.86. The third kappa shape index (κ3) is 6.15. The Hall–Kier alpha value is -0.410. The van der Waals surface area contributed by atoms with Gasteiger partial charge in [-0.2, -0.15) is 0 Å². The number of methoxy groups -OCH3 is 1. The van der Waals surface area contributed by atoms with E-state index in [1.165, 1.54) is 31.4 Å². The second-order valence-electron chi connectivity index (χ2n) is 6.11. The number of nitrogens with one attached hydrogen (secondary N) is 2. The van der Waals surface area contributed by atoms with Crippen molar-refractivity contribution in [3.8, 4) is 0 Å². The van der Waals surface area contributed by atoms with Crippen LogP contribution in [0.2, 0.25) is 0 Å². The molecule has 1 aromatic carbocycles. The molecule has 0 spiro atoms. The first-order chi connectivity index (χ1) is 11.1. The van der Waals surface area contributed by atoms with Gasteiger partial charge in [-0.25, -0.2) is 4.39 Å². The van der Waals surface area contributed by atoms with Crippen LogP contribution in [0.4, 0.5) is 4.39 Å². The van der Waals surface area contributed by atoms with Gasteiger partial charge in [0.15, 0.2) is 5.96 Å². The Bertz CT molecular complexity index is 553. The van der Waals surface area contributed by atoms with E-state index in [4.69, 9.17) is 4.74 Å². The van der Waals surface area contributed by atoms with Crippen LogP contribution in [0.3, 0.4) is 0 Å². The summed E-state index contributed by atoms with van der Waals surface area (Å²) in [4.78, 5) is 4.25. The van der Waals surface area contributed by atoms with Crippen LogP contribution in [0.5, 0.6) is 0 Å². The molecule has 0 radical (unpaired) electrons. The van der Waals surface area contributed by atoms with E-state index in [-0.39, 0.29) is 29.8 Å². The number of hydrogen-bond donors (Lipinski definition) is 2. The molecule has 0 amide bonds. The van der Waals surface area contributed by atoms with Gasteiger partial charge >= 0.3 is 0 Å². The maximum atomic E-state index is 13.3. The van der Waals surface area contributed by atoms with Crippen molar-refractivity contribution in [3.05, 3.63) is 34.1 Å². The zero-order valence-corrected chi connectivity index (χ0v) is 18.1. The van der Waals surface area contributed by atoms with Gasteiger partial charge in [0, 0.05) is 38.3 Å². The largest absolute Gasteiger partial charge is 0.385 e. The number of nitrogens with zero attached hydrogens (tertiary/aromatic N) is 1. The molecule has 0 saturated heterocycles. The van der Waals surface area contributed by atoms with Crippen LogP contribution in [0.15, 0.2) is 27.7 Å². The number of hydrogen-bond acceptors (Lipinski definition) is 2. The molecule has 1 aliphatic carbocycles. The molecule has 4 nitrogen and oxygen atoms in total. The summed E-state index contributed by atoms with van der Waals surface area (Å²) in [6.07, 6.45) is 4.82. The lowest BCUT2D eigenvalue weighted by molar-refractivity contribution is 0.0732. The molecular weight excluding hydrogens is 488 g/mol. The minimum Gasteiger partial charge on any atom is -0.385 e. The zero-order valence-electron chi connectivity index (χ0n) is 14.2. The Morgan fingerprint density at radius 3 is 2.71 bits per heavy atom. The van der Waals surface area contributed by atoms with E-state index in [9.17, 15) is 4.39 Å². The molecule has 1 aromatic rings. The topological polar surface area (TPSA) is 45.7 Å². The molecule has 136 valence electrons. The molecule has 0 atom stereocenters. The lowest BCUT2D eigenvalue weighted by atomic mass is 9.67. The molecule has 1 saturated carbocycles. The lowest BCUT2D eigenvalue weighted by Crippen LogP contribution is -2.46. The van der Waals surface area contributed by atoms with Crippen molar-refractivity contribution in [1.29, 1.82) is 0 Å². The van der Waals surface area contributed by atoms with Gasteiger partial charge in [0.2, 0.25) is 0 Å². The molecule has 0 bridgehead atoms. The van der Waals surface area contributed by atoms with E-state index in [1.807, 2.05) is 0 Å². The molecule has 1 fully saturated rings. The molecule has 1 aliphatic rings. The minimum atomic E-state index is -0.235. The summed E-state index contributed by atoms with van der Waals surface area (Å²) >= 11 is 3.44. The van der Waals surface area contributed by atoms with E-state index in [1.54, 1.807) is 20.2 Å². The van der Waals surface area contributed by atoms with Crippen LogP contribution < -0.4 is 10.6 Å². The Morgan fingerprint density at radius 2 is 2.12 bits per heavy atom. The van der Waals surface area contributed by atoms with Crippen molar-refractivity contribution in [2.75, 3.05) is 27.3 Å². The van der Waals surface area contributed by atoms with E-state index in [2.05, 4.69) is 31.6 Å². The predicted molar refractivity (Wildman–Crippen MR) is 110 cm³/mol. The van der Waals surface area contributed by atoms with Crippen molar-refractivity contribution in [2.45, 2.75) is 32.2 Å². The van der Waals surface area contributed by atoms with Gasteiger partial charge < -0.3 is 15.4 Å². The summed E-state index contributed by atoms with van der Waals surface area (Å²) in [7, 11) is 3.50. The minimum absolute atomic E-state index is 0. The number of halogens is 3. The Labute approximate surface area is 169 Å². The average molecular weight is 514 g/mol. The van der Waals surface area contributed by atoms with Crippen LogP contribution >= 0.6 is 39.9 Å². The Balaban J connectivity index is 0.00000288. The highest BCUT2D eigenvalue weighted by Crippen LogP contribution is 2.43. The van der Waals surface area contributed by atoms with Gasteiger partial charge in [0.1, 0.15) is 5.82 Å². The second-order valence-corrected chi connectivity index (χ2v) is 6.97. The summed E-state index contributed by atoms with van der Waals surface area (Å²) in [6, 6.07) is 4.68. The summed E-state index contributed by atoms with van der Waals surface area (Å²) in [6.45, 7) is 2.20. The third-order valence-corrected chi connectivity index (χ3v) is 5.33. The number of ether oxygens (including phenoxy) is 1. The maximum absolute atomic E-state index is 13.3. The van der Waals surface area contributed by atoms with Crippen molar-refractivity contribution in [2.24, 2.45) is 10.4 Å². The number of rotatable bonds is 7. The fourth-order valence-corrected chi connectivity index (χ4v) is 3.25. The standard InChI is InChI=1S/C17H25BrFN3O.HI/c1-20-16(21-11-13-10-14(19)4-5-15(13)18)22-12-17(6-3-7-17)8-9-23-2;/h4-5,10H,3,6-9,11-12H2,1-2H3,(H2,20,21,22);1H. The van der Waals surface area contributed by atoms with Crippen LogP contribution in [-0.2, 0) is 11.3 Å². The highest BCUT2D eigenvalue weighted by molar-refractivity contribution is 14.0. The van der Waals surface area contributed by atoms with E-state index in [0.29, 0.717) is 12.0 Å². The zero-order chi connectivity index (χ0) is 16.7. The van der Waals surface area contributed by atoms with Crippen molar-refractivity contribution >= 4 is 45.9 Å². The molecule has 0 unspecified atom stereocenters. The summed E-state index contributed by atoms with van der Waals surface area (Å²) in [5.41, 5.74) is 1.19. The molecule has 0 aromatic heterocycles. The van der Waals surface area contributed by atoms with Crippen molar-refractivity contribution in [3.63, 3.8) is 0 Å². The maximum Gasteiger partial charge on any atom is 0.191 e. The predicted octanol–water partition coefficient (Wildman–Crippen LogP) is 4.08. The van der Waals surface area contributed by atoms with Crippen LogP contribution in [-0.4, -0.2) is 33.3 Å². The van der Waals surface area contributed by atoms with E-state index < -0.39 is 0 Å². The van der Waals surface area contributed by atoms with Crippen LogP contribution in [0.1, 0.15) is 31.2 Å². The summed E-state index contributed by atoms with van der Waals surface area (Å²) < 4.78 is 19.4. The number of benzene rings is 1. The van der Waals surface area contributed by atoms with Gasteiger partial charge in [-0.05, 0) is 48.4 Å². The van der Waals surface area contributed by atoms with Gasteiger partial charge in [0.05, 0.1) is 0 Å². The van der Waals surface area contributed by atoms with E-state index >= 15 is 0 Å². The first-order valence-corrected chi connectivity index (χ1v) is 8.75. The third-order valence-electron chi connectivity index (χ3n) is 4.56. The average Bonchev–Trinajstić information content (AvgIpc) is 2.51. The first kappa shape index (κ1) is 21.6. The highest BCUT2D eigenvalue weighted by Gasteiger charge is 2.36. The number of guanidine groups is 1. The lowest BCUT2D eigenvalue weighted by Gasteiger charge is -2.42. The van der Waals surface area contributed by atoms with Crippen molar-refractivity contribution < 1.29 is 9.13 Å². The molecule has 7 heteroatoms. The smallest absolute Gasteiger partial charge is 0.191 e. The first-order valence-electron chi connectivity index (χ1n) is 7.96. The molecule has 0 aliphatic heterocycles. The van der Waals surface area contributed by atoms with Gasteiger partial charge in [-0.1, -0.05) is 22.4 Å². The molecule has 0 heterocycles. The molecule has 2 N–H and O–H groups in total. The Kier molecular flexibility index (Phi) is 9.51. The fraction of sp³-hybridized carbons (Fsp3) is 0.588. The van der Waals surface area contributed by atoms with Gasteiger partial charge in [0.25, 0.3) is 0 Å². The van der Waals surface area contributed by atoms with Crippen molar-refractivity contribution in [1.82, 2.24) is 10.6 Å². The molecule has 2 rings (SSSR count). The highest BCUT2D eigenvalue weighted by atomic mass is 127. The van der Waals surface area contributed by atoms with Crippen LogP contribution in [0, 0.1) is 11.2 Å². The molecular formula is C17H26BrFIN3O. The normalized spacial score (nSPS) is 16.1. The number of aliphatic imine (C=N–C) groups is 1. The van der Waals surface area contributed by atoms with Crippen LogP contribution in [0.25, 0.3) is 0 Å². The van der Waals surface area contributed by atoms with Gasteiger partial charge in [-0.15, -0.1) is 24.0 Å². The monoisotopic (exact) mass is 513 g/mol. The Morgan fingerprint density at radius 1 is 1.38 bits per heavy atom. The molecule has 24 heavy (non-hydrogen) atoms. The summed E-state index contributed by atoms with van der Waals surface area (Å²) in [5.74, 6) is 0.505. The second kappa shape index (κ2) is 10.6. The van der Waals surface area contributed by atoms with Gasteiger partial charge in [-0.3, -0.25) is 4.99 Å². The quantitative estimate of drug-likeness (QED) is 0.328.